The summed E-state index contributed by atoms with van der Waals surface area (Å²) < 4.78 is 0. The number of amides is 3. The van der Waals surface area contributed by atoms with E-state index in [1.807, 2.05) is 43.3 Å². The number of hydrogen-bond donors (Lipinski definition) is 1. The molecule has 3 amide bonds. The number of carbonyl (C=O) groups is 3. The number of rotatable bonds is 4. The van der Waals surface area contributed by atoms with Gasteiger partial charge < -0.3 is 5.32 Å². The van der Waals surface area contributed by atoms with E-state index in [-0.39, 0.29) is 30.0 Å². The third-order valence-corrected chi connectivity index (χ3v) is 7.36. The van der Waals surface area contributed by atoms with E-state index in [2.05, 4.69) is 5.32 Å². The highest BCUT2D eigenvalue weighted by atomic mass is 35.5. The van der Waals surface area contributed by atoms with Gasteiger partial charge in [-0.1, -0.05) is 48.0 Å². The van der Waals surface area contributed by atoms with Crippen molar-refractivity contribution in [2.75, 3.05) is 27.4 Å². The molecular formula is C25H20ClN3O3S. The molecule has 1 saturated heterocycles. The van der Waals surface area contributed by atoms with E-state index in [4.69, 9.17) is 11.6 Å². The quantitative estimate of drug-likeness (QED) is 0.597. The molecule has 2 aliphatic rings. The molecule has 6 nitrogen and oxygen atoms in total. The molecule has 0 unspecified atom stereocenters. The van der Waals surface area contributed by atoms with Crippen LogP contribution in [0.3, 0.4) is 0 Å². The first-order valence-electron chi connectivity index (χ1n) is 10.4. The summed E-state index contributed by atoms with van der Waals surface area (Å²) in [5.41, 5.74) is 3.55. The Morgan fingerprint density at radius 1 is 1.06 bits per heavy atom. The first-order valence-corrected chi connectivity index (χ1v) is 11.8. The Kier molecular flexibility index (Phi) is 5.38. The predicted molar refractivity (Wildman–Crippen MR) is 132 cm³/mol. The number of benzene rings is 3. The Morgan fingerprint density at radius 3 is 2.64 bits per heavy atom. The lowest BCUT2D eigenvalue weighted by atomic mass is 10.0. The smallest absolute Gasteiger partial charge is 0.269 e. The fourth-order valence-corrected chi connectivity index (χ4v) is 5.94. The van der Waals surface area contributed by atoms with Gasteiger partial charge in [-0.05, 0) is 48.9 Å². The van der Waals surface area contributed by atoms with Crippen LogP contribution in [0.2, 0.25) is 5.02 Å². The normalized spacial score (nSPS) is 19.3. The molecule has 33 heavy (non-hydrogen) atoms. The first kappa shape index (κ1) is 21.6. The second-order valence-electron chi connectivity index (χ2n) is 7.97. The van der Waals surface area contributed by atoms with Crippen LogP contribution < -0.4 is 15.1 Å². The van der Waals surface area contributed by atoms with E-state index < -0.39 is 4.87 Å². The van der Waals surface area contributed by atoms with Crippen molar-refractivity contribution in [2.45, 2.75) is 11.8 Å². The topological polar surface area (TPSA) is 69.7 Å². The molecule has 1 spiro atoms. The van der Waals surface area contributed by atoms with Crippen molar-refractivity contribution >= 4 is 58.1 Å². The lowest BCUT2D eigenvalue weighted by Gasteiger charge is -2.33. The van der Waals surface area contributed by atoms with Crippen molar-refractivity contribution in [3.63, 3.8) is 0 Å². The van der Waals surface area contributed by atoms with Crippen LogP contribution >= 0.6 is 23.4 Å². The molecule has 8 heteroatoms. The Hall–Kier alpha value is -3.29. The number of aryl methyl sites for hydroxylation is 1. The number of nitrogens with zero attached hydrogens (tertiary/aromatic N) is 2. The Morgan fingerprint density at radius 2 is 1.85 bits per heavy atom. The Labute approximate surface area is 200 Å². The average Bonchev–Trinajstić information content (AvgIpc) is 3.25. The van der Waals surface area contributed by atoms with Gasteiger partial charge in [0.1, 0.15) is 6.54 Å². The average molecular weight is 478 g/mol. The number of fused-ring (bicyclic) bond motifs is 2. The van der Waals surface area contributed by atoms with Crippen molar-refractivity contribution in [1.82, 2.24) is 0 Å². The molecule has 2 heterocycles. The summed E-state index contributed by atoms with van der Waals surface area (Å²) in [6.07, 6.45) is 0. The second-order valence-corrected chi connectivity index (χ2v) is 9.57. The van der Waals surface area contributed by atoms with Crippen molar-refractivity contribution < 1.29 is 14.4 Å². The van der Waals surface area contributed by atoms with E-state index in [0.29, 0.717) is 27.6 Å². The van der Waals surface area contributed by atoms with Crippen LogP contribution in [-0.4, -0.2) is 30.0 Å². The van der Waals surface area contributed by atoms with Crippen LogP contribution in [0.15, 0.2) is 72.8 Å². The zero-order chi connectivity index (χ0) is 23.2. The molecule has 0 radical (unpaired) electrons. The third-order valence-electron chi connectivity index (χ3n) is 5.73. The van der Waals surface area contributed by atoms with E-state index in [0.717, 1.165) is 5.56 Å². The molecule has 0 aromatic heterocycles. The number of hydrogen-bond acceptors (Lipinski definition) is 4. The van der Waals surface area contributed by atoms with Crippen LogP contribution in [0.4, 0.5) is 17.1 Å². The van der Waals surface area contributed by atoms with Gasteiger partial charge in [0.15, 0.2) is 0 Å². The Balaban J connectivity index is 1.52. The first-order chi connectivity index (χ1) is 15.9. The van der Waals surface area contributed by atoms with Gasteiger partial charge in [0, 0.05) is 22.0 Å². The lowest BCUT2D eigenvalue weighted by Crippen LogP contribution is -2.50. The van der Waals surface area contributed by atoms with Crippen molar-refractivity contribution in [1.29, 1.82) is 0 Å². The number of carbonyl (C=O) groups excluding carboxylic acids is 3. The summed E-state index contributed by atoms with van der Waals surface area (Å²) in [6, 6.07) is 21.7. The number of anilines is 3. The van der Waals surface area contributed by atoms with Gasteiger partial charge in [0.25, 0.3) is 5.91 Å². The van der Waals surface area contributed by atoms with Gasteiger partial charge in [-0.15, -0.1) is 11.8 Å². The van der Waals surface area contributed by atoms with Crippen LogP contribution in [0, 0.1) is 6.92 Å². The molecule has 0 bridgehead atoms. The zero-order valence-corrected chi connectivity index (χ0v) is 19.3. The van der Waals surface area contributed by atoms with Crippen LogP contribution in [0.25, 0.3) is 0 Å². The number of nitrogens with one attached hydrogen (secondary N) is 1. The Bertz CT molecular complexity index is 1300. The molecule has 166 valence electrons. The molecule has 1 fully saturated rings. The maximum absolute atomic E-state index is 13.9. The van der Waals surface area contributed by atoms with E-state index in [1.165, 1.54) is 21.6 Å². The fourth-order valence-electron chi connectivity index (χ4n) is 4.39. The summed E-state index contributed by atoms with van der Waals surface area (Å²) in [6.45, 7) is 1.78. The molecule has 3 aromatic carbocycles. The van der Waals surface area contributed by atoms with Crippen molar-refractivity contribution in [2.24, 2.45) is 0 Å². The van der Waals surface area contributed by atoms with Gasteiger partial charge in [0.05, 0.1) is 11.4 Å². The van der Waals surface area contributed by atoms with Gasteiger partial charge in [-0.2, -0.15) is 0 Å². The molecule has 1 N–H and O–H groups in total. The number of halogens is 1. The lowest BCUT2D eigenvalue weighted by molar-refractivity contribution is -0.124. The maximum atomic E-state index is 13.9. The highest BCUT2D eigenvalue weighted by Crippen LogP contribution is 2.55. The molecule has 3 aromatic rings. The minimum Gasteiger partial charge on any atom is -0.325 e. The molecule has 5 rings (SSSR count). The summed E-state index contributed by atoms with van der Waals surface area (Å²) >= 11 is 7.46. The van der Waals surface area contributed by atoms with Gasteiger partial charge in [-0.25, -0.2) is 0 Å². The monoisotopic (exact) mass is 477 g/mol. The van der Waals surface area contributed by atoms with Crippen molar-refractivity contribution in [3.05, 3.63) is 88.9 Å². The molecule has 1 atom stereocenters. The maximum Gasteiger partial charge on any atom is 0.269 e. The predicted octanol–water partition coefficient (Wildman–Crippen LogP) is 4.57. The van der Waals surface area contributed by atoms with Crippen LogP contribution in [0.5, 0.6) is 0 Å². The van der Waals surface area contributed by atoms with Gasteiger partial charge in [0.2, 0.25) is 16.7 Å². The minimum absolute atomic E-state index is 0.149. The van der Waals surface area contributed by atoms with Gasteiger partial charge in [-0.3, -0.25) is 24.2 Å². The summed E-state index contributed by atoms with van der Waals surface area (Å²) in [7, 11) is 0. The third kappa shape index (κ3) is 3.57. The SMILES string of the molecule is Cc1cccc(NC(=O)CN2C(=O)[C@@]3(SCC(=O)N3c3cccc(Cl)c3)c3ccccc32)c1. The van der Waals surface area contributed by atoms with E-state index in [9.17, 15) is 14.4 Å². The van der Waals surface area contributed by atoms with E-state index >= 15 is 0 Å². The molecule has 2 aliphatic heterocycles. The zero-order valence-electron chi connectivity index (χ0n) is 17.7. The minimum atomic E-state index is -1.28. The molecule has 0 saturated carbocycles. The second kappa shape index (κ2) is 8.24. The highest BCUT2D eigenvalue weighted by Gasteiger charge is 2.61. The summed E-state index contributed by atoms with van der Waals surface area (Å²) in [5, 5.41) is 3.33. The highest BCUT2D eigenvalue weighted by molar-refractivity contribution is 8.02. The number of para-hydroxylation sites is 1. The summed E-state index contributed by atoms with van der Waals surface area (Å²) in [4.78, 5) is 41.5. The van der Waals surface area contributed by atoms with Crippen LogP contribution in [0.1, 0.15) is 11.1 Å². The molecule has 0 aliphatic carbocycles. The largest absolute Gasteiger partial charge is 0.325 e. The van der Waals surface area contributed by atoms with Gasteiger partial charge >= 0.3 is 0 Å². The van der Waals surface area contributed by atoms with Crippen LogP contribution in [-0.2, 0) is 19.3 Å². The fraction of sp³-hybridized carbons (Fsp3) is 0.160. The summed E-state index contributed by atoms with van der Waals surface area (Å²) in [5.74, 6) is -0.671. The standard InChI is InChI=1S/C25H20ClN3O3S/c1-16-6-4-8-18(12-16)27-22(30)14-28-21-11-3-2-10-20(21)25(24(28)32)29(23(31)15-33-25)19-9-5-7-17(26)13-19/h2-13H,14-15H2,1H3,(H,27,30)/t25-/m0/s1. The number of thioether (sulfide) groups is 1. The van der Waals surface area contributed by atoms with E-state index in [1.54, 1.807) is 36.4 Å². The molecular weight excluding hydrogens is 458 g/mol. The van der Waals surface area contributed by atoms with Crippen molar-refractivity contribution in [3.8, 4) is 0 Å².